The van der Waals surface area contributed by atoms with E-state index in [4.69, 9.17) is 10.5 Å². The van der Waals surface area contributed by atoms with Gasteiger partial charge in [0.05, 0.1) is 23.3 Å². The van der Waals surface area contributed by atoms with Crippen molar-refractivity contribution < 1.29 is 5.11 Å². The van der Waals surface area contributed by atoms with Crippen molar-refractivity contribution in [3.63, 3.8) is 0 Å². The van der Waals surface area contributed by atoms with Crippen LogP contribution < -0.4 is 0 Å². The molecule has 0 spiro atoms. The highest BCUT2D eigenvalue weighted by atomic mass is 16.3. The molecule has 1 N–H and O–H groups in total. The van der Waals surface area contributed by atoms with Crippen LogP contribution in [0.3, 0.4) is 0 Å². The second-order valence-electron chi connectivity index (χ2n) is 4.05. The maximum Gasteiger partial charge on any atom is 0.121 e. The maximum atomic E-state index is 9.32. The van der Waals surface area contributed by atoms with E-state index in [2.05, 4.69) is 0 Å². The Labute approximate surface area is 113 Å². The predicted octanol–water partition coefficient (Wildman–Crippen LogP) is 3.44. The Hall–Kier alpha value is -2.78. The second-order valence-corrected chi connectivity index (χ2v) is 4.05. The van der Waals surface area contributed by atoms with E-state index in [-0.39, 0.29) is 5.75 Å². The van der Waals surface area contributed by atoms with Crippen LogP contribution in [0.4, 0.5) is 0 Å². The van der Waals surface area contributed by atoms with Gasteiger partial charge in [0, 0.05) is 0 Å². The van der Waals surface area contributed by atoms with Gasteiger partial charge in [-0.05, 0) is 49.2 Å². The van der Waals surface area contributed by atoms with Crippen LogP contribution in [0.15, 0.2) is 42.5 Å². The highest BCUT2D eigenvalue weighted by Gasteiger charge is 2.01. The summed E-state index contributed by atoms with van der Waals surface area (Å²) in [5, 5.41) is 26.2. The fourth-order valence-electron chi connectivity index (χ4n) is 1.53. The smallest absolute Gasteiger partial charge is 0.121 e. The lowest BCUT2D eigenvalue weighted by molar-refractivity contribution is 0.467. The van der Waals surface area contributed by atoms with E-state index in [0.717, 1.165) is 11.1 Å². The molecule has 0 amide bonds. The molecule has 0 radical (unpaired) electrons. The van der Waals surface area contributed by atoms with Crippen LogP contribution in [0.1, 0.15) is 22.3 Å². The number of nitriles is 2. The molecule has 0 heterocycles. The minimum absolute atomic E-state index is 0.281. The molecule has 0 saturated heterocycles. The molecule has 2 aromatic rings. The Bertz CT molecular complexity index is 611. The van der Waals surface area contributed by atoms with E-state index < -0.39 is 0 Å². The quantitative estimate of drug-likeness (QED) is 0.778. The van der Waals surface area contributed by atoms with Crippen molar-refractivity contribution in [3.05, 3.63) is 64.7 Å². The normalized spacial score (nSPS) is 8.63. The van der Waals surface area contributed by atoms with Gasteiger partial charge in [0.2, 0.25) is 0 Å². The predicted molar refractivity (Wildman–Crippen MR) is 73.5 cm³/mol. The first-order valence-corrected chi connectivity index (χ1v) is 5.74. The monoisotopic (exact) mass is 250 g/mol. The standard InChI is InChI=1S/C9H9NO.C7H5N/c1-6-3-8(5-10)4-7(2)9(6)11;8-6-7-4-2-1-3-5-7/h3-4,11H,1-2H3;1-5H. The van der Waals surface area contributed by atoms with Gasteiger partial charge in [-0.2, -0.15) is 10.5 Å². The van der Waals surface area contributed by atoms with E-state index in [1.165, 1.54) is 0 Å². The molecule has 0 fully saturated rings. The summed E-state index contributed by atoms with van der Waals surface area (Å²) in [5.41, 5.74) is 2.81. The lowest BCUT2D eigenvalue weighted by Gasteiger charge is -2.01. The van der Waals surface area contributed by atoms with Gasteiger partial charge in [-0.1, -0.05) is 18.2 Å². The van der Waals surface area contributed by atoms with Crippen LogP contribution in [-0.2, 0) is 0 Å². The Morgan fingerprint density at radius 1 is 0.842 bits per heavy atom. The highest BCUT2D eigenvalue weighted by Crippen LogP contribution is 2.22. The average molecular weight is 250 g/mol. The Morgan fingerprint density at radius 2 is 1.32 bits per heavy atom. The number of aryl methyl sites for hydroxylation is 2. The summed E-state index contributed by atoms with van der Waals surface area (Å²) in [7, 11) is 0. The number of hydrogen-bond acceptors (Lipinski definition) is 3. The first kappa shape index (κ1) is 14.3. The molecule has 19 heavy (non-hydrogen) atoms. The minimum atomic E-state index is 0.281. The average Bonchev–Trinajstić information content (AvgIpc) is 2.45. The Morgan fingerprint density at radius 3 is 1.68 bits per heavy atom. The van der Waals surface area contributed by atoms with Gasteiger partial charge in [-0.3, -0.25) is 0 Å². The Balaban J connectivity index is 0.000000200. The van der Waals surface area contributed by atoms with Crippen molar-refractivity contribution in [3.8, 4) is 17.9 Å². The molecule has 94 valence electrons. The number of nitrogens with zero attached hydrogens (tertiary/aromatic N) is 2. The number of phenolic OH excluding ortho intramolecular Hbond substituents is 1. The SMILES string of the molecule is Cc1cc(C#N)cc(C)c1O.N#Cc1ccccc1. The van der Waals surface area contributed by atoms with Crippen LogP contribution in [0, 0.1) is 36.5 Å². The highest BCUT2D eigenvalue weighted by molar-refractivity contribution is 5.46. The fourth-order valence-corrected chi connectivity index (χ4v) is 1.53. The summed E-state index contributed by atoms with van der Waals surface area (Å²) in [6, 6.07) is 16.5. The van der Waals surface area contributed by atoms with Gasteiger partial charge in [-0.15, -0.1) is 0 Å². The molecular formula is C16H14N2O. The maximum absolute atomic E-state index is 9.32. The van der Waals surface area contributed by atoms with Crippen LogP contribution >= 0.6 is 0 Å². The van der Waals surface area contributed by atoms with Crippen molar-refractivity contribution >= 4 is 0 Å². The lowest BCUT2D eigenvalue weighted by Crippen LogP contribution is -1.83. The molecule has 0 aromatic heterocycles. The van der Waals surface area contributed by atoms with Gasteiger partial charge in [0.25, 0.3) is 0 Å². The lowest BCUT2D eigenvalue weighted by atomic mass is 10.1. The summed E-state index contributed by atoms with van der Waals surface area (Å²) in [6.07, 6.45) is 0. The van der Waals surface area contributed by atoms with E-state index in [1.54, 1.807) is 38.1 Å². The van der Waals surface area contributed by atoms with Crippen molar-refractivity contribution in [2.24, 2.45) is 0 Å². The molecule has 0 aliphatic heterocycles. The number of rotatable bonds is 0. The number of phenols is 1. The summed E-state index contributed by atoms with van der Waals surface area (Å²) < 4.78 is 0. The van der Waals surface area contributed by atoms with Crippen molar-refractivity contribution in [1.82, 2.24) is 0 Å². The topological polar surface area (TPSA) is 67.8 Å². The zero-order valence-corrected chi connectivity index (χ0v) is 10.9. The van der Waals surface area contributed by atoms with Crippen LogP contribution in [-0.4, -0.2) is 5.11 Å². The number of aromatic hydroxyl groups is 1. The van der Waals surface area contributed by atoms with E-state index in [1.807, 2.05) is 30.3 Å². The first-order chi connectivity index (χ1) is 9.08. The molecule has 3 heteroatoms. The minimum Gasteiger partial charge on any atom is -0.507 e. The largest absolute Gasteiger partial charge is 0.507 e. The molecule has 0 unspecified atom stereocenters. The van der Waals surface area contributed by atoms with Crippen LogP contribution in [0.25, 0.3) is 0 Å². The third-order valence-electron chi connectivity index (χ3n) is 2.52. The van der Waals surface area contributed by atoms with Gasteiger partial charge in [0.15, 0.2) is 0 Å². The molecule has 0 atom stereocenters. The zero-order chi connectivity index (χ0) is 14.3. The van der Waals surface area contributed by atoms with Crippen molar-refractivity contribution in [1.29, 1.82) is 10.5 Å². The molecule has 0 saturated carbocycles. The van der Waals surface area contributed by atoms with Gasteiger partial charge in [0.1, 0.15) is 5.75 Å². The third kappa shape index (κ3) is 4.18. The van der Waals surface area contributed by atoms with Crippen LogP contribution in [0.2, 0.25) is 0 Å². The fraction of sp³-hybridized carbons (Fsp3) is 0.125. The van der Waals surface area contributed by atoms with Crippen molar-refractivity contribution in [2.75, 3.05) is 0 Å². The third-order valence-corrected chi connectivity index (χ3v) is 2.52. The first-order valence-electron chi connectivity index (χ1n) is 5.74. The number of benzene rings is 2. The summed E-state index contributed by atoms with van der Waals surface area (Å²) in [4.78, 5) is 0. The molecule has 0 bridgehead atoms. The molecule has 2 aromatic carbocycles. The molecular weight excluding hydrogens is 236 g/mol. The van der Waals surface area contributed by atoms with Crippen LogP contribution in [0.5, 0.6) is 5.75 Å². The molecule has 2 rings (SSSR count). The Kier molecular flexibility index (Phi) is 5.14. The summed E-state index contributed by atoms with van der Waals surface area (Å²) in [6.45, 7) is 3.56. The second kappa shape index (κ2) is 6.83. The van der Waals surface area contributed by atoms with Crippen molar-refractivity contribution in [2.45, 2.75) is 13.8 Å². The van der Waals surface area contributed by atoms with Gasteiger partial charge >= 0.3 is 0 Å². The number of hydrogen-bond donors (Lipinski definition) is 1. The molecule has 0 aliphatic carbocycles. The van der Waals surface area contributed by atoms with E-state index >= 15 is 0 Å². The van der Waals surface area contributed by atoms with E-state index in [9.17, 15) is 5.11 Å². The summed E-state index contributed by atoms with van der Waals surface area (Å²) in [5.74, 6) is 0.281. The van der Waals surface area contributed by atoms with Gasteiger partial charge in [-0.25, -0.2) is 0 Å². The summed E-state index contributed by atoms with van der Waals surface area (Å²) >= 11 is 0. The molecule has 3 nitrogen and oxygen atoms in total. The molecule has 0 aliphatic rings. The zero-order valence-electron chi connectivity index (χ0n) is 10.9. The van der Waals surface area contributed by atoms with E-state index in [0.29, 0.717) is 11.1 Å². The van der Waals surface area contributed by atoms with Gasteiger partial charge < -0.3 is 5.11 Å².